The maximum Gasteiger partial charge on any atom is 0.226 e. The van der Waals surface area contributed by atoms with Crippen LogP contribution in [0.2, 0.25) is 0 Å². The number of nitrogens with one attached hydrogen (secondary N) is 1. The lowest BCUT2D eigenvalue weighted by Crippen LogP contribution is -2.45. The van der Waals surface area contributed by atoms with Gasteiger partial charge < -0.3 is 36.9 Å². The lowest BCUT2D eigenvalue weighted by Gasteiger charge is -2.32. The van der Waals surface area contributed by atoms with Crippen LogP contribution in [0.1, 0.15) is 124 Å². The molecule has 0 radical (unpaired) electrons. The fourth-order valence-corrected chi connectivity index (χ4v) is 8.14. The van der Waals surface area contributed by atoms with Crippen LogP contribution >= 0.6 is 0 Å². The predicted molar refractivity (Wildman–Crippen MR) is 241 cm³/mol. The van der Waals surface area contributed by atoms with Crippen molar-refractivity contribution in [3.8, 4) is 22.6 Å². The average Bonchev–Trinajstić information content (AvgIpc) is 3.24. The summed E-state index contributed by atoms with van der Waals surface area (Å²) < 4.78 is 12.2. The van der Waals surface area contributed by atoms with Gasteiger partial charge in [-0.05, 0) is 99.0 Å². The van der Waals surface area contributed by atoms with Gasteiger partial charge in [0.1, 0.15) is 30.8 Å². The number of likely N-dealkylation sites (N-methyl/N-ethyl adjacent to an activating group) is 1. The van der Waals surface area contributed by atoms with Gasteiger partial charge >= 0.3 is 0 Å². The molecule has 0 unspecified atom stereocenters. The van der Waals surface area contributed by atoms with Crippen molar-refractivity contribution in [1.29, 1.82) is 0 Å². The fraction of sp³-hybridized carbons (Fsp3) is 0.531. The molecule has 1 aliphatic rings. The molecule has 332 valence electrons. The third kappa shape index (κ3) is 13.8. The Morgan fingerprint density at radius 1 is 0.820 bits per heavy atom. The number of nitrogens with two attached hydrogens (primary N) is 3. The standard InChI is InChI=1S/C49H69N5O7/c1-6-7-8-9-10-11-13-35-15-18-39(32(2)26-35)43(56)31-38(14-12-21-50)49(59)54(5)47-37-17-20-46(61-25-23-52)41(30-37)40-28-36(16-19-45(40)60-24-22-51)29-42(34(4)55)53-48(58)33(3)27-44(47)57/h15-20,26,28,30,33,38,42,47H,6-14,21-25,27,29,31,50-52H2,1-5H3,(H,53,58)/t33-,38-,42+,47+/m1/s1. The van der Waals surface area contributed by atoms with E-state index in [4.69, 9.17) is 26.7 Å². The van der Waals surface area contributed by atoms with Gasteiger partial charge in [-0.25, -0.2) is 0 Å². The van der Waals surface area contributed by atoms with E-state index in [2.05, 4.69) is 18.3 Å². The maximum absolute atomic E-state index is 14.8. The van der Waals surface area contributed by atoms with E-state index in [0.29, 0.717) is 53.1 Å². The summed E-state index contributed by atoms with van der Waals surface area (Å²) in [6.45, 7) is 8.47. The van der Waals surface area contributed by atoms with Gasteiger partial charge in [-0.15, -0.1) is 0 Å². The monoisotopic (exact) mass is 840 g/mol. The minimum atomic E-state index is -1.15. The second-order valence-corrected chi connectivity index (χ2v) is 16.6. The molecule has 0 aliphatic carbocycles. The number of nitrogens with zero attached hydrogens (tertiary/aromatic N) is 1. The lowest BCUT2D eigenvalue weighted by atomic mass is 9.87. The van der Waals surface area contributed by atoms with Crippen molar-refractivity contribution in [1.82, 2.24) is 10.2 Å². The smallest absolute Gasteiger partial charge is 0.226 e. The van der Waals surface area contributed by atoms with Crippen molar-refractivity contribution in [3.05, 3.63) is 82.4 Å². The van der Waals surface area contributed by atoms with E-state index in [9.17, 15) is 24.0 Å². The summed E-state index contributed by atoms with van der Waals surface area (Å²) in [4.78, 5) is 71.3. The quantitative estimate of drug-likeness (QED) is 0.0633. The minimum Gasteiger partial charge on any atom is -0.492 e. The molecule has 3 aromatic carbocycles. The predicted octanol–water partition coefficient (Wildman–Crippen LogP) is 6.59. The first-order chi connectivity index (χ1) is 29.3. The van der Waals surface area contributed by atoms with E-state index in [-0.39, 0.29) is 68.8 Å². The second kappa shape index (κ2) is 24.5. The Bertz CT molecular complexity index is 1970. The highest BCUT2D eigenvalue weighted by atomic mass is 16.5. The summed E-state index contributed by atoms with van der Waals surface area (Å²) in [6, 6.07) is 14.8. The molecule has 7 N–H and O–H groups in total. The Kier molecular flexibility index (Phi) is 19.6. The zero-order chi connectivity index (χ0) is 44.5. The number of rotatable bonds is 22. The molecule has 4 rings (SSSR count). The molecule has 61 heavy (non-hydrogen) atoms. The molecule has 4 atom stereocenters. The van der Waals surface area contributed by atoms with Crippen LogP contribution in [-0.4, -0.2) is 80.0 Å². The average molecular weight is 840 g/mol. The zero-order valence-electron chi connectivity index (χ0n) is 37.1. The summed E-state index contributed by atoms with van der Waals surface area (Å²) in [7, 11) is 1.57. The number of carbonyl (C=O) groups is 5. The molecule has 0 fully saturated rings. The number of unbranched alkanes of at least 4 members (excludes halogenated alkanes) is 5. The highest BCUT2D eigenvalue weighted by Gasteiger charge is 2.36. The molecule has 4 bridgehead atoms. The van der Waals surface area contributed by atoms with Gasteiger partial charge in [0.25, 0.3) is 0 Å². The van der Waals surface area contributed by atoms with Crippen LogP contribution in [0.3, 0.4) is 0 Å². The summed E-state index contributed by atoms with van der Waals surface area (Å²) in [5.41, 5.74) is 22.7. The van der Waals surface area contributed by atoms with E-state index < -0.39 is 29.8 Å². The molecule has 0 saturated carbocycles. The first-order valence-corrected chi connectivity index (χ1v) is 22.2. The molecule has 2 amide bonds. The van der Waals surface area contributed by atoms with Crippen molar-refractivity contribution in [2.75, 3.05) is 39.9 Å². The van der Waals surface area contributed by atoms with E-state index in [1.165, 1.54) is 49.5 Å². The fourth-order valence-electron chi connectivity index (χ4n) is 8.14. The number of ketones is 3. The van der Waals surface area contributed by atoms with Crippen molar-refractivity contribution < 1.29 is 33.4 Å². The van der Waals surface area contributed by atoms with Gasteiger partial charge in [0.15, 0.2) is 17.3 Å². The van der Waals surface area contributed by atoms with Gasteiger partial charge in [0, 0.05) is 61.5 Å². The molecular formula is C49H69N5O7. The SMILES string of the molecule is CCCCCCCCc1ccc(C(=O)C[C@@H](CCCN)C(=O)N(C)[C@@H]2C(=O)C[C@@H](C)C(=O)N[C@H](C(C)=O)Cc3ccc(OCCN)c(c3)-c3cc2ccc3OCCN)c(C)c1. The first-order valence-electron chi connectivity index (χ1n) is 22.2. The molecule has 12 nitrogen and oxygen atoms in total. The summed E-state index contributed by atoms with van der Waals surface area (Å²) in [5.74, 6) is -2.22. The Balaban J connectivity index is 1.76. The van der Waals surface area contributed by atoms with E-state index >= 15 is 0 Å². The van der Waals surface area contributed by atoms with Gasteiger partial charge in [-0.3, -0.25) is 24.0 Å². The third-order valence-electron chi connectivity index (χ3n) is 11.6. The topological polar surface area (TPSA) is 197 Å². The first kappa shape index (κ1) is 48.8. The van der Waals surface area contributed by atoms with Crippen LogP contribution in [0, 0.1) is 18.8 Å². The van der Waals surface area contributed by atoms with Crippen LogP contribution in [0.15, 0.2) is 54.6 Å². The minimum absolute atomic E-state index is 0.0569. The Labute approximate surface area is 362 Å². The summed E-state index contributed by atoms with van der Waals surface area (Å²) >= 11 is 0. The molecule has 0 saturated heterocycles. The van der Waals surface area contributed by atoms with Gasteiger partial charge in [-0.1, -0.05) is 76.3 Å². The summed E-state index contributed by atoms with van der Waals surface area (Å²) in [5, 5.41) is 2.86. The van der Waals surface area contributed by atoms with Crippen LogP contribution in [0.4, 0.5) is 0 Å². The van der Waals surface area contributed by atoms with Crippen molar-refractivity contribution in [2.45, 2.75) is 117 Å². The van der Waals surface area contributed by atoms with Crippen molar-refractivity contribution in [3.63, 3.8) is 0 Å². The van der Waals surface area contributed by atoms with E-state index in [0.717, 1.165) is 24.0 Å². The van der Waals surface area contributed by atoms with Crippen molar-refractivity contribution in [2.24, 2.45) is 29.0 Å². The molecule has 3 aromatic rings. The van der Waals surface area contributed by atoms with Crippen molar-refractivity contribution >= 4 is 29.2 Å². The number of ether oxygens (including phenoxy) is 2. The Morgan fingerprint density at radius 2 is 1.48 bits per heavy atom. The number of aryl methyl sites for hydroxylation is 2. The number of hydrogen-bond donors (Lipinski definition) is 4. The van der Waals surface area contributed by atoms with Gasteiger partial charge in [0.2, 0.25) is 11.8 Å². The molecule has 1 aliphatic heterocycles. The maximum atomic E-state index is 14.8. The van der Waals surface area contributed by atoms with Crippen LogP contribution < -0.4 is 32.0 Å². The molecule has 0 aromatic heterocycles. The molecule has 0 spiro atoms. The zero-order valence-corrected chi connectivity index (χ0v) is 37.1. The lowest BCUT2D eigenvalue weighted by molar-refractivity contribution is -0.142. The van der Waals surface area contributed by atoms with Crippen LogP contribution in [-0.2, 0) is 32.0 Å². The molecule has 12 heteroatoms. The van der Waals surface area contributed by atoms with E-state index in [1.807, 2.05) is 37.3 Å². The number of benzene rings is 3. The third-order valence-corrected chi connectivity index (χ3v) is 11.6. The number of fused-ring (bicyclic) bond motifs is 5. The Hall–Kier alpha value is -4.91. The molecular weight excluding hydrogens is 771 g/mol. The van der Waals surface area contributed by atoms with Gasteiger partial charge in [0.05, 0.1) is 6.04 Å². The highest BCUT2D eigenvalue weighted by Crippen LogP contribution is 2.41. The highest BCUT2D eigenvalue weighted by molar-refractivity contribution is 6.01. The number of amides is 2. The summed E-state index contributed by atoms with van der Waals surface area (Å²) in [6.07, 6.45) is 8.97. The number of Topliss-reactive ketones (excluding diaryl/α,β-unsaturated/α-hetero) is 3. The van der Waals surface area contributed by atoms with Crippen LogP contribution in [0.5, 0.6) is 11.5 Å². The van der Waals surface area contributed by atoms with Gasteiger partial charge in [-0.2, -0.15) is 0 Å². The second-order valence-electron chi connectivity index (χ2n) is 16.6. The Morgan fingerprint density at radius 3 is 2.11 bits per heavy atom. The normalized spacial score (nSPS) is 17.2. The number of carbonyl (C=O) groups excluding carboxylic acids is 5. The van der Waals surface area contributed by atoms with E-state index in [1.54, 1.807) is 32.2 Å². The molecule has 1 heterocycles. The van der Waals surface area contributed by atoms with Crippen LogP contribution in [0.25, 0.3) is 11.1 Å². The largest absolute Gasteiger partial charge is 0.492 e. The number of hydrogen-bond acceptors (Lipinski definition) is 10.